The smallest absolute Gasteiger partial charge is 0.407 e. The van der Waals surface area contributed by atoms with Crippen LogP contribution in [-0.4, -0.2) is 60.4 Å². The second-order valence-corrected chi connectivity index (χ2v) is 5.45. The van der Waals surface area contributed by atoms with Crippen LogP contribution in [0, 0.1) is 10.1 Å². The van der Waals surface area contributed by atoms with Crippen LogP contribution in [-0.2, 0) is 11.2 Å². The molecule has 0 radical (unpaired) electrons. The lowest BCUT2D eigenvalue weighted by Gasteiger charge is -2.41. The number of amides is 1. The molecular formula is C15H21N3O5. The third-order valence-electron chi connectivity index (χ3n) is 4.08. The van der Waals surface area contributed by atoms with Gasteiger partial charge in [-0.05, 0) is 18.6 Å². The number of nitrogens with zero attached hydrogens (tertiary/aromatic N) is 3. The van der Waals surface area contributed by atoms with Gasteiger partial charge in [0.1, 0.15) is 0 Å². The molecule has 1 atom stereocenters. The lowest BCUT2D eigenvalue weighted by molar-refractivity contribution is -0.385. The van der Waals surface area contributed by atoms with Crippen LogP contribution >= 0.6 is 0 Å². The van der Waals surface area contributed by atoms with Gasteiger partial charge in [0, 0.05) is 44.1 Å². The van der Waals surface area contributed by atoms with Crippen molar-refractivity contribution in [2.24, 2.45) is 0 Å². The molecular weight excluding hydrogens is 302 g/mol. The first-order chi connectivity index (χ1) is 11.0. The summed E-state index contributed by atoms with van der Waals surface area (Å²) >= 11 is 0. The molecule has 8 heteroatoms. The molecule has 1 N–H and O–H groups in total. The molecule has 0 aliphatic carbocycles. The quantitative estimate of drug-likeness (QED) is 0.657. The van der Waals surface area contributed by atoms with Gasteiger partial charge in [-0.15, -0.1) is 0 Å². The van der Waals surface area contributed by atoms with Gasteiger partial charge in [-0.1, -0.05) is 6.92 Å². The lowest BCUT2D eigenvalue weighted by Crippen LogP contribution is -2.56. The summed E-state index contributed by atoms with van der Waals surface area (Å²) in [6.45, 7) is 3.54. The van der Waals surface area contributed by atoms with Crippen LogP contribution in [0.3, 0.4) is 0 Å². The van der Waals surface area contributed by atoms with E-state index in [9.17, 15) is 14.9 Å². The maximum absolute atomic E-state index is 11.2. The maximum atomic E-state index is 11.2. The van der Waals surface area contributed by atoms with Crippen molar-refractivity contribution in [3.8, 4) is 0 Å². The Morgan fingerprint density at radius 1 is 1.48 bits per heavy atom. The van der Waals surface area contributed by atoms with E-state index in [4.69, 9.17) is 9.84 Å². The fraction of sp³-hybridized carbons (Fsp3) is 0.533. The number of benzene rings is 1. The van der Waals surface area contributed by atoms with Crippen molar-refractivity contribution in [2.45, 2.75) is 19.4 Å². The van der Waals surface area contributed by atoms with E-state index in [1.807, 2.05) is 13.0 Å². The van der Waals surface area contributed by atoms with Gasteiger partial charge >= 0.3 is 6.09 Å². The molecule has 1 heterocycles. The van der Waals surface area contributed by atoms with Crippen LogP contribution in [0.2, 0.25) is 0 Å². The minimum Gasteiger partial charge on any atom is -0.465 e. The zero-order valence-electron chi connectivity index (χ0n) is 13.3. The predicted octanol–water partition coefficient (Wildman–Crippen LogP) is 1.97. The van der Waals surface area contributed by atoms with Crippen molar-refractivity contribution in [3.63, 3.8) is 0 Å². The Kier molecular flexibility index (Phi) is 5.38. The monoisotopic (exact) mass is 323 g/mol. The number of ether oxygens (including phenoxy) is 1. The number of hydrogen-bond acceptors (Lipinski definition) is 5. The maximum Gasteiger partial charge on any atom is 0.407 e. The Balaban J connectivity index is 2.28. The molecule has 1 aromatic carbocycles. The molecule has 0 bridgehead atoms. The zero-order chi connectivity index (χ0) is 17.0. The Morgan fingerprint density at radius 2 is 2.22 bits per heavy atom. The van der Waals surface area contributed by atoms with Crippen LogP contribution in [0.25, 0.3) is 0 Å². The van der Waals surface area contributed by atoms with E-state index in [-0.39, 0.29) is 16.7 Å². The predicted molar refractivity (Wildman–Crippen MR) is 85.1 cm³/mol. The largest absolute Gasteiger partial charge is 0.465 e. The van der Waals surface area contributed by atoms with Crippen LogP contribution in [0.1, 0.15) is 12.5 Å². The Bertz CT molecular complexity index is 592. The second-order valence-electron chi connectivity index (χ2n) is 5.45. The van der Waals surface area contributed by atoms with E-state index in [0.29, 0.717) is 38.2 Å². The number of methoxy groups -OCH3 is 1. The SMILES string of the molecule is CCc1cc(N2CCN(C(=O)O)CC2COC)ccc1[N+](=O)[O-]. The molecule has 1 amide bonds. The third-order valence-corrected chi connectivity index (χ3v) is 4.08. The number of aryl methyl sites for hydroxylation is 1. The Morgan fingerprint density at radius 3 is 2.78 bits per heavy atom. The number of carbonyl (C=O) groups is 1. The Labute approximate surface area is 134 Å². The summed E-state index contributed by atoms with van der Waals surface area (Å²) in [6, 6.07) is 4.94. The number of rotatable bonds is 5. The van der Waals surface area contributed by atoms with Gasteiger partial charge in [0.2, 0.25) is 0 Å². The highest BCUT2D eigenvalue weighted by molar-refractivity contribution is 5.66. The van der Waals surface area contributed by atoms with Crippen molar-refractivity contribution < 1.29 is 19.6 Å². The number of anilines is 1. The van der Waals surface area contributed by atoms with Crippen molar-refractivity contribution >= 4 is 17.5 Å². The molecule has 0 spiro atoms. The van der Waals surface area contributed by atoms with E-state index >= 15 is 0 Å². The van der Waals surface area contributed by atoms with E-state index < -0.39 is 6.09 Å². The molecule has 1 aliphatic rings. The van der Waals surface area contributed by atoms with Crippen molar-refractivity contribution in [1.29, 1.82) is 0 Å². The number of carboxylic acid groups (broad SMARTS) is 1. The zero-order valence-corrected chi connectivity index (χ0v) is 13.3. The average Bonchev–Trinajstić information content (AvgIpc) is 2.54. The van der Waals surface area contributed by atoms with Crippen LogP contribution in [0.5, 0.6) is 0 Å². The summed E-state index contributed by atoms with van der Waals surface area (Å²) < 4.78 is 5.21. The average molecular weight is 323 g/mol. The van der Waals surface area contributed by atoms with Gasteiger partial charge in [0.25, 0.3) is 5.69 Å². The summed E-state index contributed by atoms with van der Waals surface area (Å²) in [5.74, 6) is 0. The summed E-state index contributed by atoms with van der Waals surface area (Å²) in [7, 11) is 1.57. The summed E-state index contributed by atoms with van der Waals surface area (Å²) in [5.41, 5.74) is 1.65. The van der Waals surface area contributed by atoms with Gasteiger partial charge in [0.15, 0.2) is 0 Å². The number of hydrogen-bond donors (Lipinski definition) is 1. The van der Waals surface area contributed by atoms with Crippen molar-refractivity contribution in [3.05, 3.63) is 33.9 Å². The van der Waals surface area contributed by atoms with Crippen LogP contribution in [0.15, 0.2) is 18.2 Å². The molecule has 126 valence electrons. The van der Waals surface area contributed by atoms with Gasteiger partial charge < -0.3 is 19.6 Å². The van der Waals surface area contributed by atoms with Crippen LogP contribution < -0.4 is 4.90 Å². The molecule has 1 fully saturated rings. The van der Waals surface area contributed by atoms with Gasteiger partial charge in [0.05, 0.1) is 17.6 Å². The standard InChI is InChI=1S/C15H21N3O5/c1-3-11-8-12(4-5-14(11)18(21)22)17-7-6-16(15(19)20)9-13(17)10-23-2/h4-5,8,13H,3,6-7,9-10H2,1-2H3,(H,19,20). The van der Waals surface area contributed by atoms with E-state index in [2.05, 4.69) is 4.90 Å². The van der Waals surface area contributed by atoms with Crippen molar-refractivity contribution in [1.82, 2.24) is 4.90 Å². The number of piperazine rings is 1. The topological polar surface area (TPSA) is 96.2 Å². The summed E-state index contributed by atoms with van der Waals surface area (Å²) in [5, 5.41) is 20.2. The molecule has 1 aliphatic heterocycles. The van der Waals surface area contributed by atoms with Crippen molar-refractivity contribution in [2.75, 3.05) is 38.3 Å². The molecule has 2 rings (SSSR count). The fourth-order valence-electron chi connectivity index (χ4n) is 2.92. The summed E-state index contributed by atoms with van der Waals surface area (Å²) in [6.07, 6.45) is -0.377. The minimum atomic E-state index is -0.941. The molecule has 23 heavy (non-hydrogen) atoms. The Hall–Kier alpha value is -2.35. The lowest BCUT2D eigenvalue weighted by atomic mass is 10.1. The molecule has 1 unspecified atom stereocenters. The molecule has 8 nitrogen and oxygen atoms in total. The molecule has 0 saturated carbocycles. The first kappa shape index (κ1) is 17.0. The van der Waals surface area contributed by atoms with E-state index in [0.717, 1.165) is 5.69 Å². The van der Waals surface area contributed by atoms with E-state index in [1.54, 1.807) is 13.2 Å². The normalized spacial score (nSPS) is 18.1. The fourth-order valence-corrected chi connectivity index (χ4v) is 2.92. The second kappa shape index (κ2) is 7.28. The molecule has 1 saturated heterocycles. The highest BCUT2D eigenvalue weighted by Crippen LogP contribution is 2.28. The first-order valence-corrected chi connectivity index (χ1v) is 7.48. The summed E-state index contributed by atoms with van der Waals surface area (Å²) in [4.78, 5) is 25.3. The van der Waals surface area contributed by atoms with Crippen LogP contribution in [0.4, 0.5) is 16.2 Å². The number of nitro groups is 1. The minimum absolute atomic E-state index is 0.115. The van der Waals surface area contributed by atoms with Gasteiger partial charge in [-0.3, -0.25) is 10.1 Å². The van der Waals surface area contributed by atoms with Gasteiger partial charge in [-0.25, -0.2) is 4.79 Å². The highest BCUT2D eigenvalue weighted by atomic mass is 16.6. The third kappa shape index (κ3) is 3.70. The highest BCUT2D eigenvalue weighted by Gasteiger charge is 2.30. The first-order valence-electron chi connectivity index (χ1n) is 7.48. The van der Waals surface area contributed by atoms with Gasteiger partial charge in [-0.2, -0.15) is 0 Å². The number of nitro benzene ring substituents is 1. The molecule has 1 aromatic rings. The van der Waals surface area contributed by atoms with E-state index in [1.165, 1.54) is 11.0 Å². The molecule has 0 aromatic heterocycles.